The van der Waals surface area contributed by atoms with Crippen LogP contribution in [0, 0.1) is 5.92 Å². The Kier molecular flexibility index (Phi) is 4.18. The minimum Gasteiger partial charge on any atom is -0.434 e. The molecule has 0 bridgehead atoms. The van der Waals surface area contributed by atoms with E-state index < -0.39 is 16.6 Å². The standard InChI is InChI=1S/C13H16F2N2O3S/c1-8(2)7-17(3)12-11-9(20-13(14)15)5-4-6-10(11)21(18,19)16-12/h4-6,8,13H,7H2,1-3H3. The van der Waals surface area contributed by atoms with Crippen LogP contribution in [0.2, 0.25) is 0 Å². The maximum atomic E-state index is 12.5. The lowest BCUT2D eigenvalue weighted by Gasteiger charge is -2.22. The van der Waals surface area contributed by atoms with E-state index in [0.29, 0.717) is 6.54 Å². The smallest absolute Gasteiger partial charge is 0.387 e. The fraction of sp³-hybridized carbons (Fsp3) is 0.462. The van der Waals surface area contributed by atoms with Gasteiger partial charge in [0.15, 0.2) is 5.84 Å². The van der Waals surface area contributed by atoms with Crippen LogP contribution >= 0.6 is 0 Å². The molecule has 0 aromatic heterocycles. The van der Waals surface area contributed by atoms with Gasteiger partial charge in [-0.25, -0.2) is 0 Å². The van der Waals surface area contributed by atoms with Crippen molar-refractivity contribution in [3.63, 3.8) is 0 Å². The fourth-order valence-electron chi connectivity index (χ4n) is 2.24. The third-order valence-corrected chi connectivity index (χ3v) is 4.22. The average molecular weight is 318 g/mol. The Morgan fingerprint density at radius 2 is 2.00 bits per heavy atom. The van der Waals surface area contributed by atoms with Crippen LogP contribution < -0.4 is 4.74 Å². The van der Waals surface area contributed by atoms with Crippen molar-refractivity contribution in [3.8, 4) is 5.75 Å². The van der Waals surface area contributed by atoms with Crippen LogP contribution in [-0.2, 0) is 10.0 Å². The van der Waals surface area contributed by atoms with Crippen LogP contribution in [0.25, 0.3) is 0 Å². The molecule has 0 atom stereocenters. The second kappa shape index (κ2) is 5.59. The first-order chi connectivity index (χ1) is 9.72. The number of ether oxygens (including phenoxy) is 1. The molecule has 5 nitrogen and oxygen atoms in total. The van der Waals surface area contributed by atoms with E-state index in [0.717, 1.165) is 0 Å². The molecule has 8 heteroatoms. The summed E-state index contributed by atoms with van der Waals surface area (Å²) in [6.45, 7) is 1.43. The normalized spacial score (nSPS) is 16.0. The predicted molar refractivity (Wildman–Crippen MR) is 74.3 cm³/mol. The van der Waals surface area contributed by atoms with E-state index in [4.69, 9.17) is 0 Å². The van der Waals surface area contributed by atoms with Crippen LogP contribution in [0.5, 0.6) is 5.75 Å². The molecule has 0 saturated heterocycles. The zero-order chi connectivity index (χ0) is 15.8. The van der Waals surface area contributed by atoms with Crippen molar-refractivity contribution < 1.29 is 21.9 Å². The van der Waals surface area contributed by atoms with Crippen molar-refractivity contribution in [2.24, 2.45) is 10.3 Å². The molecule has 1 aromatic rings. The molecular weight excluding hydrogens is 302 g/mol. The van der Waals surface area contributed by atoms with E-state index in [2.05, 4.69) is 9.13 Å². The van der Waals surface area contributed by atoms with E-state index in [1.807, 2.05) is 13.8 Å². The van der Waals surface area contributed by atoms with Crippen LogP contribution in [0.3, 0.4) is 0 Å². The number of fused-ring (bicyclic) bond motifs is 1. The van der Waals surface area contributed by atoms with Gasteiger partial charge in [0.05, 0.1) is 5.56 Å². The molecule has 1 aliphatic heterocycles. The highest BCUT2D eigenvalue weighted by molar-refractivity contribution is 7.90. The first-order valence-electron chi connectivity index (χ1n) is 6.36. The minimum absolute atomic E-state index is 0.0981. The largest absolute Gasteiger partial charge is 0.434 e. The number of benzene rings is 1. The summed E-state index contributed by atoms with van der Waals surface area (Å²) in [6.07, 6.45) is 0. The predicted octanol–water partition coefficient (Wildman–Crippen LogP) is 2.32. The van der Waals surface area contributed by atoms with Crippen LogP contribution in [0.15, 0.2) is 27.5 Å². The van der Waals surface area contributed by atoms with E-state index >= 15 is 0 Å². The highest BCUT2D eigenvalue weighted by Gasteiger charge is 2.34. The van der Waals surface area contributed by atoms with Gasteiger partial charge in [0.25, 0.3) is 10.0 Å². The summed E-state index contributed by atoms with van der Waals surface area (Å²) >= 11 is 0. The number of hydrogen-bond acceptors (Lipinski definition) is 4. The van der Waals surface area contributed by atoms with Crippen molar-refractivity contribution in [2.45, 2.75) is 25.4 Å². The highest BCUT2D eigenvalue weighted by atomic mass is 32.2. The third-order valence-electron chi connectivity index (χ3n) is 2.91. The Labute approximate surface area is 122 Å². The second-order valence-corrected chi connectivity index (χ2v) is 6.74. The molecule has 2 rings (SSSR count). The molecule has 0 spiro atoms. The van der Waals surface area contributed by atoms with Gasteiger partial charge < -0.3 is 9.64 Å². The lowest BCUT2D eigenvalue weighted by atomic mass is 10.1. The molecule has 0 saturated carbocycles. The molecule has 21 heavy (non-hydrogen) atoms. The van der Waals surface area contributed by atoms with Gasteiger partial charge in [-0.1, -0.05) is 19.9 Å². The van der Waals surface area contributed by atoms with Crippen molar-refractivity contribution >= 4 is 15.9 Å². The van der Waals surface area contributed by atoms with Crippen LogP contribution in [0.1, 0.15) is 19.4 Å². The number of rotatable bonds is 4. The summed E-state index contributed by atoms with van der Waals surface area (Å²) in [5.74, 6) is 0.209. The number of nitrogens with zero attached hydrogens (tertiary/aromatic N) is 2. The Morgan fingerprint density at radius 3 is 2.57 bits per heavy atom. The fourth-order valence-corrected chi connectivity index (χ4v) is 3.50. The number of hydrogen-bond donors (Lipinski definition) is 0. The van der Waals surface area contributed by atoms with E-state index in [-0.39, 0.29) is 28.0 Å². The van der Waals surface area contributed by atoms with Crippen molar-refractivity contribution in [1.82, 2.24) is 4.90 Å². The maximum Gasteiger partial charge on any atom is 0.387 e. The lowest BCUT2D eigenvalue weighted by Crippen LogP contribution is -2.30. The summed E-state index contributed by atoms with van der Waals surface area (Å²) < 4.78 is 57.2. The van der Waals surface area contributed by atoms with E-state index in [1.165, 1.54) is 18.2 Å². The first kappa shape index (κ1) is 15.7. The molecule has 1 aliphatic rings. The van der Waals surface area contributed by atoms with Crippen molar-refractivity contribution in [1.29, 1.82) is 0 Å². The minimum atomic E-state index is -3.87. The zero-order valence-corrected chi connectivity index (χ0v) is 12.7. The SMILES string of the molecule is CC(C)CN(C)C1=NS(=O)(=O)c2cccc(OC(F)F)c21. The van der Waals surface area contributed by atoms with Crippen molar-refractivity contribution in [3.05, 3.63) is 23.8 Å². The van der Waals surface area contributed by atoms with E-state index in [9.17, 15) is 17.2 Å². The Hall–Kier alpha value is -1.70. The van der Waals surface area contributed by atoms with Gasteiger partial charge in [0, 0.05) is 13.6 Å². The van der Waals surface area contributed by atoms with Gasteiger partial charge in [-0.05, 0) is 18.1 Å². The quantitative estimate of drug-likeness (QED) is 0.855. The number of halogens is 2. The molecule has 0 radical (unpaired) electrons. The maximum absolute atomic E-state index is 12.5. The van der Waals surface area contributed by atoms with Gasteiger partial charge in [-0.3, -0.25) is 0 Å². The Balaban J connectivity index is 2.53. The molecule has 0 unspecified atom stereocenters. The monoisotopic (exact) mass is 318 g/mol. The number of amidine groups is 1. The van der Waals surface area contributed by atoms with Gasteiger partial charge in [-0.2, -0.15) is 17.2 Å². The first-order valence-corrected chi connectivity index (χ1v) is 7.80. The number of sulfonamides is 1. The number of alkyl halides is 2. The molecule has 1 heterocycles. The summed E-state index contributed by atoms with van der Waals surface area (Å²) in [6, 6.07) is 4.00. The van der Waals surface area contributed by atoms with E-state index in [1.54, 1.807) is 11.9 Å². The Bertz CT molecular complexity index is 672. The van der Waals surface area contributed by atoms with Gasteiger partial charge in [0.1, 0.15) is 10.6 Å². The molecule has 1 aromatic carbocycles. The molecule has 0 N–H and O–H groups in total. The summed E-state index contributed by atoms with van der Waals surface area (Å²) in [7, 11) is -2.20. The third kappa shape index (κ3) is 3.15. The average Bonchev–Trinajstić information content (AvgIpc) is 2.61. The van der Waals surface area contributed by atoms with Gasteiger partial charge in [-0.15, -0.1) is 4.40 Å². The van der Waals surface area contributed by atoms with Gasteiger partial charge in [0.2, 0.25) is 0 Å². The van der Waals surface area contributed by atoms with Crippen LogP contribution in [-0.4, -0.2) is 39.4 Å². The molecule has 0 aliphatic carbocycles. The van der Waals surface area contributed by atoms with Crippen LogP contribution in [0.4, 0.5) is 8.78 Å². The van der Waals surface area contributed by atoms with Crippen molar-refractivity contribution in [2.75, 3.05) is 13.6 Å². The second-order valence-electron chi connectivity index (χ2n) is 5.17. The highest BCUT2D eigenvalue weighted by Crippen LogP contribution is 2.35. The zero-order valence-electron chi connectivity index (χ0n) is 11.9. The molecule has 0 fully saturated rings. The summed E-state index contributed by atoms with van der Waals surface area (Å²) in [4.78, 5) is 1.53. The molecule has 0 amide bonds. The summed E-state index contributed by atoms with van der Waals surface area (Å²) in [5, 5.41) is 0. The molecule has 116 valence electrons. The topological polar surface area (TPSA) is 59.0 Å². The molecular formula is C13H16F2N2O3S. The lowest BCUT2D eigenvalue weighted by molar-refractivity contribution is -0.0501. The van der Waals surface area contributed by atoms with Gasteiger partial charge >= 0.3 is 6.61 Å². The summed E-state index contributed by atoms with van der Waals surface area (Å²) in [5.41, 5.74) is 0.0981. The Morgan fingerprint density at radius 1 is 1.33 bits per heavy atom.